The van der Waals surface area contributed by atoms with E-state index in [0.29, 0.717) is 11.5 Å². The molecule has 1 fully saturated rings. The van der Waals surface area contributed by atoms with Gasteiger partial charge >= 0.3 is 0 Å². The van der Waals surface area contributed by atoms with E-state index in [1.165, 1.54) is 0 Å². The molecule has 5 heteroatoms. The third-order valence-corrected chi connectivity index (χ3v) is 5.82. The number of likely N-dealkylation sites (N-methyl/N-ethyl adjacent to an activating group) is 1. The van der Waals surface area contributed by atoms with Crippen LogP contribution in [0.1, 0.15) is 17.5 Å². The second-order valence-electron chi connectivity index (χ2n) is 6.89. The minimum atomic E-state index is -0.735. The Morgan fingerprint density at radius 2 is 2.04 bits per heavy atom. The molecule has 5 nitrogen and oxygen atoms in total. The highest BCUT2D eigenvalue weighted by atomic mass is 16.5. The number of allylic oxidation sites excluding steroid dienone is 1. The van der Waals surface area contributed by atoms with Crippen LogP contribution in [-0.4, -0.2) is 55.1 Å². The summed E-state index contributed by atoms with van der Waals surface area (Å²) in [6, 6.07) is 4.10. The molecule has 128 valence electrons. The van der Waals surface area contributed by atoms with E-state index in [4.69, 9.17) is 9.47 Å². The number of nitrogens with zero attached hydrogens (tertiary/aromatic N) is 1. The number of piperidine rings is 1. The second-order valence-corrected chi connectivity index (χ2v) is 6.89. The number of ether oxygens (including phenoxy) is 2. The van der Waals surface area contributed by atoms with E-state index >= 15 is 0 Å². The second kappa shape index (κ2) is 5.26. The molecule has 0 aromatic heterocycles. The Labute approximate surface area is 141 Å². The van der Waals surface area contributed by atoms with Gasteiger partial charge in [0, 0.05) is 17.0 Å². The minimum Gasteiger partial charge on any atom is -0.504 e. The maximum Gasteiger partial charge on any atom is 0.162 e. The van der Waals surface area contributed by atoms with Gasteiger partial charge in [0.1, 0.15) is 11.9 Å². The summed E-state index contributed by atoms with van der Waals surface area (Å²) in [4.78, 5) is 2.33. The van der Waals surface area contributed by atoms with Gasteiger partial charge in [-0.25, -0.2) is 0 Å². The van der Waals surface area contributed by atoms with Gasteiger partial charge in [0.15, 0.2) is 11.5 Å². The molecule has 1 heterocycles. The number of hydrogen-bond donors (Lipinski definition) is 2. The highest BCUT2D eigenvalue weighted by Crippen LogP contribution is 2.56. The number of aromatic hydroxyl groups is 1. The van der Waals surface area contributed by atoms with Gasteiger partial charge in [-0.05, 0) is 55.8 Å². The molecule has 0 amide bonds. The van der Waals surface area contributed by atoms with Crippen LogP contribution in [0.5, 0.6) is 11.5 Å². The zero-order chi connectivity index (χ0) is 17.1. The van der Waals surface area contributed by atoms with Crippen molar-refractivity contribution in [3.05, 3.63) is 46.7 Å². The van der Waals surface area contributed by atoms with Crippen LogP contribution in [0.4, 0.5) is 0 Å². The number of likely N-dealkylation sites (tertiary alicyclic amines) is 1. The maximum atomic E-state index is 10.9. The van der Waals surface area contributed by atoms with Gasteiger partial charge in [-0.1, -0.05) is 6.07 Å². The van der Waals surface area contributed by atoms with Crippen LogP contribution in [0.3, 0.4) is 0 Å². The van der Waals surface area contributed by atoms with Crippen molar-refractivity contribution in [2.45, 2.75) is 30.4 Å². The van der Waals surface area contributed by atoms with Gasteiger partial charge in [0.2, 0.25) is 0 Å². The summed E-state index contributed by atoms with van der Waals surface area (Å²) in [6.45, 7) is 0.918. The fraction of sp³-hybridized carbons (Fsp3) is 0.474. The third-order valence-electron chi connectivity index (χ3n) is 5.82. The molecule has 2 N–H and O–H groups in total. The molecule has 1 aliphatic heterocycles. The van der Waals surface area contributed by atoms with E-state index in [-0.39, 0.29) is 11.8 Å². The fourth-order valence-electron chi connectivity index (χ4n) is 4.63. The largest absolute Gasteiger partial charge is 0.504 e. The lowest BCUT2D eigenvalue weighted by Crippen LogP contribution is -2.54. The topological polar surface area (TPSA) is 62.2 Å². The first-order valence-electron chi connectivity index (χ1n) is 8.28. The fourth-order valence-corrected chi connectivity index (χ4v) is 4.63. The van der Waals surface area contributed by atoms with Crippen molar-refractivity contribution >= 4 is 0 Å². The lowest BCUT2D eigenvalue weighted by molar-refractivity contribution is 0.131. The van der Waals surface area contributed by atoms with Gasteiger partial charge in [-0.3, -0.25) is 4.90 Å². The summed E-state index contributed by atoms with van der Waals surface area (Å²) in [5.74, 6) is 1.22. The molecule has 1 aromatic carbocycles. The quantitative estimate of drug-likeness (QED) is 0.809. The summed E-state index contributed by atoms with van der Waals surface area (Å²) in [5, 5.41) is 21.3. The minimum absolute atomic E-state index is 0.201. The summed E-state index contributed by atoms with van der Waals surface area (Å²) in [6.07, 6.45) is 4.82. The molecule has 0 radical (unpaired) electrons. The molecule has 2 aliphatic carbocycles. The monoisotopic (exact) mass is 329 g/mol. The molecule has 0 saturated carbocycles. The Bertz CT molecular complexity index is 754. The van der Waals surface area contributed by atoms with E-state index in [1.54, 1.807) is 14.2 Å². The van der Waals surface area contributed by atoms with Crippen molar-refractivity contribution in [1.82, 2.24) is 4.90 Å². The first kappa shape index (κ1) is 15.5. The van der Waals surface area contributed by atoms with Crippen molar-refractivity contribution in [3.8, 4) is 11.5 Å². The highest BCUT2D eigenvalue weighted by Gasteiger charge is 2.51. The van der Waals surface area contributed by atoms with Crippen molar-refractivity contribution in [2.75, 3.05) is 27.8 Å². The Morgan fingerprint density at radius 3 is 2.75 bits per heavy atom. The molecule has 4 rings (SSSR count). The maximum absolute atomic E-state index is 10.9. The number of phenolic OH excluding ortho intramolecular Hbond substituents is 1. The Balaban J connectivity index is 2.01. The number of aliphatic hydroxyl groups is 1. The number of fused-ring (bicyclic) bond motifs is 1. The SMILES string of the molecule is COC1=C[C@@]23CCN(C)[C@@H](Cc4ccc(OC)c(O)c42)C3=C[C@H]1O. The first-order chi connectivity index (χ1) is 11.5. The number of hydrogen-bond acceptors (Lipinski definition) is 5. The predicted octanol–water partition coefficient (Wildman–Crippen LogP) is 1.73. The van der Waals surface area contributed by atoms with Crippen LogP contribution < -0.4 is 4.74 Å². The summed E-state index contributed by atoms with van der Waals surface area (Å²) >= 11 is 0. The molecule has 24 heavy (non-hydrogen) atoms. The lowest BCUT2D eigenvalue weighted by atomic mass is 9.58. The Morgan fingerprint density at radius 1 is 1.25 bits per heavy atom. The number of rotatable bonds is 2. The number of benzene rings is 1. The number of methoxy groups -OCH3 is 2. The highest BCUT2D eigenvalue weighted by molar-refractivity contribution is 5.64. The molecule has 0 spiro atoms. The number of aliphatic hydroxyl groups excluding tert-OH is 1. The van der Waals surface area contributed by atoms with Gasteiger partial charge in [-0.2, -0.15) is 0 Å². The van der Waals surface area contributed by atoms with Crippen LogP contribution in [0.2, 0.25) is 0 Å². The molecule has 3 atom stereocenters. The van der Waals surface area contributed by atoms with Crippen molar-refractivity contribution < 1.29 is 19.7 Å². The zero-order valence-electron chi connectivity index (χ0n) is 14.2. The predicted molar refractivity (Wildman–Crippen MR) is 90.3 cm³/mol. The molecule has 2 bridgehead atoms. The van der Waals surface area contributed by atoms with E-state index in [9.17, 15) is 10.2 Å². The smallest absolute Gasteiger partial charge is 0.162 e. The average molecular weight is 329 g/mol. The molecule has 0 unspecified atom stereocenters. The summed E-state index contributed by atoms with van der Waals surface area (Å²) in [5.41, 5.74) is 2.75. The van der Waals surface area contributed by atoms with E-state index in [2.05, 4.69) is 11.9 Å². The van der Waals surface area contributed by atoms with Crippen LogP contribution >= 0.6 is 0 Å². The number of phenols is 1. The van der Waals surface area contributed by atoms with E-state index in [0.717, 1.165) is 36.1 Å². The molecular formula is C19H23NO4. The normalized spacial score (nSPS) is 31.5. The Kier molecular flexibility index (Phi) is 3.41. The van der Waals surface area contributed by atoms with E-state index < -0.39 is 11.5 Å². The molecule has 1 aromatic rings. The molecular weight excluding hydrogens is 306 g/mol. The zero-order valence-corrected chi connectivity index (χ0v) is 14.2. The van der Waals surface area contributed by atoms with Crippen LogP contribution in [0.25, 0.3) is 0 Å². The van der Waals surface area contributed by atoms with Gasteiger partial charge < -0.3 is 19.7 Å². The van der Waals surface area contributed by atoms with Crippen LogP contribution in [0, 0.1) is 0 Å². The van der Waals surface area contributed by atoms with Crippen molar-refractivity contribution in [2.24, 2.45) is 0 Å². The lowest BCUT2D eigenvalue weighted by Gasteiger charge is -2.53. The average Bonchev–Trinajstić information content (AvgIpc) is 2.58. The Hall–Kier alpha value is -1.98. The summed E-state index contributed by atoms with van der Waals surface area (Å²) in [7, 11) is 5.26. The summed E-state index contributed by atoms with van der Waals surface area (Å²) < 4.78 is 10.8. The van der Waals surface area contributed by atoms with Crippen molar-refractivity contribution in [3.63, 3.8) is 0 Å². The van der Waals surface area contributed by atoms with Crippen LogP contribution in [-0.2, 0) is 16.6 Å². The first-order valence-corrected chi connectivity index (χ1v) is 8.28. The third kappa shape index (κ3) is 1.88. The van der Waals surface area contributed by atoms with Gasteiger partial charge in [0.05, 0.1) is 14.2 Å². The molecule has 1 saturated heterocycles. The van der Waals surface area contributed by atoms with E-state index in [1.807, 2.05) is 24.3 Å². The molecule has 3 aliphatic rings. The van der Waals surface area contributed by atoms with Crippen molar-refractivity contribution in [1.29, 1.82) is 0 Å². The van der Waals surface area contributed by atoms with Gasteiger partial charge in [0.25, 0.3) is 0 Å². The standard InChI is InChI=1S/C19H23NO4/c1-20-7-6-19-10-16(24-3)14(21)9-12(19)13(20)8-11-4-5-15(23-2)18(22)17(11)19/h4-5,9-10,13-14,21-22H,6-8H2,1-3H3/t13-,14+,19+/m0/s1. The van der Waals surface area contributed by atoms with Gasteiger partial charge in [-0.15, -0.1) is 0 Å². The van der Waals surface area contributed by atoms with Crippen LogP contribution in [0.15, 0.2) is 35.6 Å².